The number of unbranched alkanes of at least 4 members (excludes halogenated alkanes) is 2. The van der Waals surface area contributed by atoms with Crippen LogP contribution in [0.4, 0.5) is 5.13 Å². The number of pyridine rings is 1. The summed E-state index contributed by atoms with van der Waals surface area (Å²) in [4.78, 5) is 50.3. The van der Waals surface area contributed by atoms with Crippen LogP contribution < -0.4 is 9.64 Å². The van der Waals surface area contributed by atoms with E-state index in [1.165, 1.54) is 12.0 Å². The van der Waals surface area contributed by atoms with E-state index in [-0.39, 0.29) is 21.3 Å². The Morgan fingerprint density at radius 2 is 1.88 bits per heavy atom. The van der Waals surface area contributed by atoms with Gasteiger partial charge < -0.3 is 19.0 Å². The first-order valence-electron chi connectivity index (χ1n) is 13.7. The van der Waals surface area contributed by atoms with Gasteiger partial charge in [-0.25, -0.2) is 14.8 Å². The number of aliphatic hydroxyl groups excluding tert-OH is 1. The number of fused-ring (bicyclic) bond motifs is 1. The highest BCUT2D eigenvalue weighted by Gasteiger charge is 2.49. The Balaban J connectivity index is 1.69. The number of carbonyl (C=O) groups is 3. The van der Waals surface area contributed by atoms with Crippen LogP contribution in [0.5, 0.6) is 5.75 Å². The van der Waals surface area contributed by atoms with Gasteiger partial charge in [-0.05, 0) is 56.5 Å². The summed E-state index contributed by atoms with van der Waals surface area (Å²) in [6.45, 7) is 7.95. The van der Waals surface area contributed by atoms with Crippen molar-refractivity contribution in [2.75, 3.05) is 18.6 Å². The Labute approximate surface area is 247 Å². The van der Waals surface area contributed by atoms with Gasteiger partial charge in [0.05, 0.1) is 36.7 Å². The third kappa shape index (κ3) is 5.04. The van der Waals surface area contributed by atoms with E-state index < -0.39 is 29.5 Å². The van der Waals surface area contributed by atoms with Crippen LogP contribution in [0.2, 0.25) is 0 Å². The van der Waals surface area contributed by atoms with Crippen LogP contribution in [0.15, 0.2) is 48.2 Å². The number of thiazole rings is 1. The maximum absolute atomic E-state index is 13.7. The van der Waals surface area contributed by atoms with Gasteiger partial charge in [-0.2, -0.15) is 0 Å². The Morgan fingerprint density at radius 1 is 1.10 bits per heavy atom. The van der Waals surface area contributed by atoms with Crippen LogP contribution in [-0.2, 0) is 14.3 Å². The van der Waals surface area contributed by atoms with Gasteiger partial charge >= 0.3 is 11.9 Å². The van der Waals surface area contributed by atoms with E-state index in [1.807, 2.05) is 29.7 Å². The summed E-state index contributed by atoms with van der Waals surface area (Å²) in [5, 5.41) is 11.9. The fourth-order valence-corrected chi connectivity index (χ4v) is 6.11. The van der Waals surface area contributed by atoms with Gasteiger partial charge in [-0.3, -0.25) is 14.5 Å². The van der Waals surface area contributed by atoms with E-state index in [0.29, 0.717) is 35.0 Å². The highest BCUT2D eigenvalue weighted by Crippen LogP contribution is 2.44. The van der Waals surface area contributed by atoms with Crippen LogP contribution >= 0.6 is 11.3 Å². The van der Waals surface area contributed by atoms with Crippen LogP contribution in [0.3, 0.4) is 0 Å². The summed E-state index contributed by atoms with van der Waals surface area (Å²) in [5.74, 6) is -2.18. The maximum Gasteiger partial charge on any atom is 0.350 e. The molecule has 1 aliphatic rings. The zero-order valence-corrected chi connectivity index (χ0v) is 24.9. The molecule has 5 rings (SSSR count). The van der Waals surface area contributed by atoms with Crippen molar-refractivity contribution in [3.8, 4) is 5.75 Å². The number of imidazole rings is 1. The van der Waals surface area contributed by atoms with Crippen molar-refractivity contribution in [2.24, 2.45) is 0 Å². The Kier molecular flexibility index (Phi) is 8.13. The van der Waals surface area contributed by atoms with E-state index in [4.69, 9.17) is 9.47 Å². The normalized spacial score (nSPS) is 16.4. The number of nitrogens with zero attached hydrogens (tertiary/aromatic N) is 4. The fourth-order valence-electron chi connectivity index (χ4n) is 5.10. The van der Waals surface area contributed by atoms with Crippen molar-refractivity contribution in [2.45, 2.75) is 53.0 Å². The van der Waals surface area contributed by atoms with Crippen molar-refractivity contribution < 1.29 is 29.0 Å². The molecule has 11 heteroatoms. The number of ketones is 1. The van der Waals surface area contributed by atoms with Gasteiger partial charge in [0.25, 0.3) is 5.78 Å². The Morgan fingerprint density at radius 3 is 2.60 bits per heavy atom. The van der Waals surface area contributed by atoms with Crippen LogP contribution in [-0.4, -0.2) is 50.9 Å². The van der Waals surface area contributed by atoms with Crippen molar-refractivity contribution in [1.29, 1.82) is 0 Å². The number of anilines is 1. The molecule has 4 heterocycles. The number of hydrogen-bond donors (Lipinski definition) is 1. The second-order valence-corrected chi connectivity index (χ2v) is 11.1. The second-order valence-electron chi connectivity index (χ2n) is 10.1. The van der Waals surface area contributed by atoms with Gasteiger partial charge in [0.1, 0.15) is 22.0 Å². The molecule has 1 fully saturated rings. The molecule has 1 aliphatic heterocycles. The molecule has 1 amide bonds. The second kappa shape index (κ2) is 11.8. The molecule has 1 unspecified atom stereocenters. The van der Waals surface area contributed by atoms with Gasteiger partial charge in [0.2, 0.25) is 0 Å². The molecule has 0 saturated carbocycles. The molecule has 42 heavy (non-hydrogen) atoms. The third-order valence-electron chi connectivity index (χ3n) is 7.31. The molecular formula is C31H32N4O6S. The highest BCUT2D eigenvalue weighted by atomic mass is 32.1. The molecule has 0 aliphatic carbocycles. The van der Waals surface area contributed by atoms with E-state index in [0.717, 1.165) is 36.2 Å². The molecule has 1 saturated heterocycles. The Bertz CT molecular complexity index is 1740. The number of carbonyl (C=O) groups excluding carboxylic acids is 3. The molecule has 0 bridgehead atoms. The molecule has 218 valence electrons. The van der Waals surface area contributed by atoms with Crippen LogP contribution in [0, 0.1) is 20.8 Å². The lowest BCUT2D eigenvalue weighted by Gasteiger charge is -2.23. The van der Waals surface area contributed by atoms with Crippen LogP contribution in [0.1, 0.15) is 70.1 Å². The average molecular weight is 589 g/mol. The molecule has 4 aromatic rings. The van der Waals surface area contributed by atoms with Crippen molar-refractivity contribution >= 4 is 45.5 Å². The minimum atomic E-state index is -1.05. The first-order chi connectivity index (χ1) is 20.2. The van der Waals surface area contributed by atoms with Crippen molar-refractivity contribution in [3.63, 3.8) is 0 Å². The lowest BCUT2D eigenvalue weighted by molar-refractivity contribution is -0.132. The van der Waals surface area contributed by atoms with Gasteiger partial charge in [0, 0.05) is 6.20 Å². The third-order valence-corrected chi connectivity index (χ3v) is 8.44. The molecule has 0 spiro atoms. The largest absolute Gasteiger partial charge is 0.505 e. The monoisotopic (exact) mass is 588 g/mol. The van der Waals surface area contributed by atoms with Crippen molar-refractivity contribution in [3.05, 3.63) is 81.3 Å². The summed E-state index contributed by atoms with van der Waals surface area (Å²) in [6, 6.07) is 9.82. The van der Waals surface area contributed by atoms with E-state index >= 15 is 0 Å². The number of rotatable bonds is 9. The molecule has 10 nitrogen and oxygen atoms in total. The first-order valence-corrected chi connectivity index (χ1v) is 14.5. The van der Waals surface area contributed by atoms with Crippen molar-refractivity contribution in [1.82, 2.24) is 14.4 Å². The predicted molar refractivity (Wildman–Crippen MR) is 159 cm³/mol. The van der Waals surface area contributed by atoms with Crippen LogP contribution in [0.25, 0.3) is 11.4 Å². The zero-order valence-electron chi connectivity index (χ0n) is 24.1. The average Bonchev–Trinajstić information content (AvgIpc) is 3.62. The summed E-state index contributed by atoms with van der Waals surface area (Å²) in [7, 11) is 1.26. The number of methoxy groups -OCH3 is 1. The molecule has 1 N–H and O–H groups in total. The lowest BCUT2D eigenvalue weighted by Crippen LogP contribution is -2.29. The number of benzene rings is 1. The molecular weight excluding hydrogens is 556 g/mol. The SMILES string of the molecule is CCCCCOc1cccc(C2/C(=C(\O)c3nc4c(C)cccn4c3C)C(=O)C(=O)N2c2nc(C)c(C(=O)OC)s2)c1. The smallest absolute Gasteiger partial charge is 0.350 e. The number of Topliss-reactive ketones (excluding diaryl/α,β-unsaturated/α-hetero) is 1. The van der Waals surface area contributed by atoms with E-state index in [9.17, 15) is 19.5 Å². The van der Waals surface area contributed by atoms with E-state index in [2.05, 4.69) is 16.9 Å². The minimum absolute atomic E-state index is 0.125. The summed E-state index contributed by atoms with van der Waals surface area (Å²) < 4.78 is 12.7. The molecule has 1 aromatic carbocycles. The van der Waals surface area contributed by atoms with Gasteiger partial charge in [-0.15, -0.1) is 0 Å². The number of aryl methyl sites for hydroxylation is 3. The zero-order chi connectivity index (χ0) is 30.1. The highest BCUT2D eigenvalue weighted by molar-refractivity contribution is 7.17. The Hall–Kier alpha value is -4.51. The number of hydrogen-bond acceptors (Lipinski definition) is 9. The first kappa shape index (κ1) is 29.0. The quantitative estimate of drug-likeness (QED) is 0.0869. The summed E-state index contributed by atoms with van der Waals surface area (Å²) in [6.07, 6.45) is 4.80. The number of aromatic nitrogens is 3. The lowest BCUT2D eigenvalue weighted by atomic mass is 9.96. The topological polar surface area (TPSA) is 123 Å². The molecule has 3 aromatic heterocycles. The molecule has 0 radical (unpaired) electrons. The van der Waals surface area contributed by atoms with E-state index in [1.54, 1.807) is 38.1 Å². The standard InChI is InChI=1S/C31H32N4O6S/c1-6-7-8-15-41-21-13-9-12-20(16-21)24-22(25(36)23-19(4)34-14-10-11-17(2)28(34)33-23)26(37)29(38)35(24)31-32-18(3)27(42-31)30(39)40-5/h9-14,16,24,36H,6-8,15H2,1-5H3/b25-22+. The number of aliphatic hydroxyl groups is 1. The predicted octanol–water partition coefficient (Wildman–Crippen LogP) is 5.70. The van der Waals surface area contributed by atoms with Gasteiger partial charge in [-0.1, -0.05) is 49.3 Å². The number of amides is 1. The minimum Gasteiger partial charge on any atom is -0.505 e. The summed E-state index contributed by atoms with van der Waals surface area (Å²) in [5.41, 5.74) is 3.10. The number of ether oxygens (including phenoxy) is 2. The fraction of sp³-hybridized carbons (Fsp3) is 0.323. The maximum atomic E-state index is 13.7. The molecule has 1 atom stereocenters. The number of esters is 1. The van der Waals surface area contributed by atoms with Gasteiger partial charge in [0.15, 0.2) is 10.9 Å². The summed E-state index contributed by atoms with van der Waals surface area (Å²) >= 11 is 0.948.